The highest BCUT2D eigenvalue weighted by molar-refractivity contribution is 5.82. The molecule has 1 aromatic carbocycles. The molecule has 0 aliphatic carbocycles. The largest absolute Gasteiger partial charge is 0.496 e. The molecule has 6 heteroatoms. The van der Waals surface area contributed by atoms with Crippen LogP contribution in [0.1, 0.15) is 27.6 Å². The lowest BCUT2D eigenvalue weighted by Crippen LogP contribution is -2.12. The van der Waals surface area contributed by atoms with Crippen molar-refractivity contribution in [3.05, 3.63) is 28.8 Å². The first-order chi connectivity index (χ1) is 8.04. The molecule has 2 N–H and O–H groups in total. The predicted octanol–water partition coefficient (Wildman–Crippen LogP) is 0.497. The van der Waals surface area contributed by atoms with E-state index >= 15 is 0 Å². The molecule has 0 heterocycles. The fraction of sp³-hybridized carbons (Fsp3) is 0.182. The summed E-state index contributed by atoms with van der Waals surface area (Å²) in [6, 6.07) is 4.06. The van der Waals surface area contributed by atoms with Crippen molar-refractivity contribution in [3.63, 3.8) is 0 Å². The molecular weight excluding hydrogens is 226 g/mol. The van der Waals surface area contributed by atoms with E-state index in [1.165, 1.54) is 19.2 Å². The van der Waals surface area contributed by atoms with E-state index in [1.54, 1.807) is 6.07 Å². The van der Waals surface area contributed by atoms with Crippen molar-refractivity contribution in [2.75, 3.05) is 7.11 Å². The summed E-state index contributed by atoms with van der Waals surface area (Å²) in [6.45, 7) is 0. The Hall–Kier alpha value is -2.39. The number of hydrogen-bond donors (Lipinski definition) is 2. The van der Waals surface area contributed by atoms with Gasteiger partial charge in [-0.05, 0) is 12.1 Å². The van der Waals surface area contributed by atoms with Crippen LogP contribution in [-0.2, 0) is 4.79 Å². The lowest BCUT2D eigenvalue weighted by atomic mass is 10.00. The molecule has 1 unspecified atom stereocenters. The van der Waals surface area contributed by atoms with Gasteiger partial charge in [0.15, 0.2) is 12.4 Å². The van der Waals surface area contributed by atoms with Crippen LogP contribution in [0.15, 0.2) is 12.1 Å². The third-order valence-electron chi connectivity index (χ3n) is 2.18. The number of ether oxygens (including phenoxy) is 1. The average Bonchev–Trinajstić information content (AvgIpc) is 2.35. The molecule has 0 saturated heterocycles. The number of rotatable bonds is 4. The van der Waals surface area contributed by atoms with E-state index in [0.29, 0.717) is 6.29 Å². The molecule has 88 valence electrons. The number of aldehydes is 1. The van der Waals surface area contributed by atoms with Gasteiger partial charge in [-0.3, -0.25) is 4.79 Å². The van der Waals surface area contributed by atoms with Crippen LogP contribution in [0.3, 0.4) is 0 Å². The number of methoxy groups -OCH3 is 1. The Morgan fingerprint density at radius 1 is 1.59 bits per heavy atom. The third kappa shape index (κ3) is 2.41. The molecule has 0 saturated carbocycles. The molecule has 0 fully saturated rings. The van der Waals surface area contributed by atoms with E-state index < -0.39 is 12.1 Å². The lowest BCUT2D eigenvalue weighted by molar-refractivity contribution is -0.146. The molecule has 1 aromatic rings. The topological polar surface area (TPSA) is 108 Å². The maximum absolute atomic E-state index is 10.7. The van der Waals surface area contributed by atoms with Crippen LogP contribution in [0.5, 0.6) is 5.75 Å². The Morgan fingerprint density at radius 3 is 2.65 bits per heavy atom. The Labute approximate surface area is 96.7 Å². The van der Waals surface area contributed by atoms with Gasteiger partial charge < -0.3 is 14.9 Å². The molecule has 0 amide bonds. The zero-order chi connectivity index (χ0) is 13.0. The van der Waals surface area contributed by atoms with Crippen molar-refractivity contribution in [1.82, 2.24) is 0 Å². The second-order valence-corrected chi connectivity index (χ2v) is 3.15. The quantitative estimate of drug-likeness (QED) is 0.735. The van der Waals surface area contributed by atoms with Gasteiger partial charge in [0, 0.05) is 5.56 Å². The summed E-state index contributed by atoms with van der Waals surface area (Å²) >= 11 is 0. The van der Waals surface area contributed by atoms with Crippen LogP contribution >= 0.6 is 0 Å². The van der Waals surface area contributed by atoms with Gasteiger partial charge in [-0.25, -0.2) is 4.79 Å². The number of aliphatic carboxylic acids is 1. The molecular formula is C11H9NO5. The van der Waals surface area contributed by atoms with E-state index in [-0.39, 0.29) is 22.4 Å². The standard InChI is InChI=1S/C11H9NO5/c1-17-9-3-8(10(14)11(15)16)6(4-12)2-7(9)5-13/h2-3,5,10,14H,1H3,(H,15,16). The summed E-state index contributed by atoms with van der Waals surface area (Å²) in [6.07, 6.45) is -1.35. The number of nitrogens with zero attached hydrogens (tertiary/aromatic N) is 1. The monoisotopic (exact) mass is 235 g/mol. The number of carbonyl (C=O) groups is 2. The van der Waals surface area contributed by atoms with Crippen LogP contribution < -0.4 is 4.74 Å². The van der Waals surface area contributed by atoms with Gasteiger partial charge in [-0.1, -0.05) is 0 Å². The Morgan fingerprint density at radius 2 is 2.24 bits per heavy atom. The molecule has 0 spiro atoms. The van der Waals surface area contributed by atoms with Crippen LogP contribution in [0.2, 0.25) is 0 Å². The molecule has 6 nitrogen and oxygen atoms in total. The van der Waals surface area contributed by atoms with Gasteiger partial charge in [0.25, 0.3) is 0 Å². The van der Waals surface area contributed by atoms with Crippen molar-refractivity contribution in [3.8, 4) is 11.8 Å². The van der Waals surface area contributed by atoms with E-state index in [0.717, 1.165) is 0 Å². The van der Waals surface area contributed by atoms with Gasteiger partial charge in [-0.15, -0.1) is 0 Å². The van der Waals surface area contributed by atoms with Crippen LogP contribution in [0, 0.1) is 11.3 Å². The van der Waals surface area contributed by atoms with Gasteiger partial charge in [0.1, 0.15) is 5.75 Å². The zero-order valence-corrected chi connectivity index (χ0v) is 8.88. The lowest BCUT2D eigenvalue weighted by Gasteiger charge is -2.11. The average molecular weight is 235 g/mol. The first-order valence-electron chi connectivity index (χ1n) is 4.53. The van der Waals surface area contributed by atoms with Crippen LogP contribution in [-0.4, -0.2) is 29.6 Å². The SMILES string of the molecule is COc1cc(C(O)C(=O)O)c(C#N)cc1C=O. The number of carboxylic acid groups (broad SMARTS) is 1. The second-order valence-electron chi connectivity index (χ2n) is 3.15. The number of carbonyl (C=O) groups excluding carboxylic acids is 1. The Balaban J connectivity index is 3.45. The highest BCUT2D eigenvalue weighted by Gasteiger charge is 2.22. The number of carboxylic acids is 1. The van der Waals surface area contributed by atoms with Gasteiger partial charge >= 0.3 is 5.97 Å². The number of nitriles is 1. The molecule has 1 atom stereocenters. The second kappa shape index (κ2) is 5.09. The maximum Gasteiger partial charge on any atom is 0.337 e. The Bertz CT molecular complexity index is 503. The minimum atomic E-state index is -1.83. The molecule has 0 aromatic heterocycles. The third-order valence-corrected chi connectivity index (χ3v) is 2.18. The first-order valence-corrected chi connectivity index (χ1v) is 4.53. The van der Waals surface area contributed by atoms with Gasteiger partial charge in [0.05, 0.1) is 24.3 Å². The van der Waals surface area contributed by atoms with Gasteiger partial charge in [-0.2, -0.15) is 5.26 Å². The highest BCUT2D eigenvalue weighted by Crippen LogP contribution is 2.26. The zero-order valence-electron chi connectivity index (χ0n) is 8.88. The van der Waals surface area contributed by atoms with Crippen molar-refractivity contribution in [2.45, 2.75) is 6.10 Å². The summed E-state index contributed by atoms with van der Waals surface area (Å²) in [4.78, 5) is 21.4. The minimum absolute atomic E-state index is 0.0807. The number of hydrogen-bond acceptors (Lipinski definition) is 5. The molecule has 0 aliphatic heterocycles. The smallest absolute Gasteiger partial charge is 0.337 e. The molecule has 0 aliphatic rings. The predicted molar refractivity (Wildman–Crippen MR) is 55.7 cm³/mol. The van der Waals surface area contributed by atoms with Gasteiger partial charge in [0.2, 0.25) is 0 Å². The van der Waals surface area contributed by atoms with Crippen molar-refractivity contribution in [1.29, 1.82) is 5.26 Å². The molecule has 1 rings (SSSR count). The number of benzene rings is 1. The van der Waals surface area contributed by atoms with Crippen LogP contribution in [0.4, 0.5) is 0 Å². The van der Waals surface area contributed by atoms with Crippen molar-refractivity contribution < 1.29 is 24.5 Å². The molecule has 17 heavy (non-hydrogen) atoms. The summed E-state index contributed by atoms with van der Waals surface area (Å²) < 4.78 is 4.86. The fourth-order valence-corrected chi connectivity index (χ4v) is 1.34. The highest BCUT2D eigenvalue weighted by atomic mass is 16.5. The first kappa shape index (κ1) is 12.7. The summed E-state index contributed by atoms with van der Waals surface area (Å²) in [5.74, 6) is -1.38. The van der Waals surface area contributed by atoms with E-state index in [2.05, 4.69) is 0 Å². The summed E-state index contributed by atoms with van der Waals surface area (Å²) in [5, 5.41) is 26.9. The normalized spacial score (nSPS) is 11.4. The minimum Gasteiger partial charge on any atom is -0.496 e. The molecule has 0 bridgehead atoms. The number of aliphatic hydroxyl groups excluding tert-OH is 1. The molecule has 0 radical (unpaired) electrons. The van der Waals surface area contributed by atoms with Crippen molar-refractivity contribution >= 4 is 12.3 Å². The maximum atomic E-state index is 10.7. The van der Waals surface area contributed by atoms with Crippen LogP contribution in [0.25, 0.3) is 0 Å². The van der Waals surface area contributed by atoms with E-state index in [1.807, 2.05) is 0 Å². The van der Waals surface area contributed by atoms with Crippen molar-refractivity contribution in [2.24, 2.45) is 0 Å². The summed E-state index contributed by atoms with van der Waals surface area (Å²) in [7, 11) is 1.30. The number of aliphatic hydroxyl groups is 1. The Kier molecular flexibility index (Phi) is 3.80. The fourth-order valence-electron chi connectivity index (χ4n) is 1.34. The van der Waals surface area contributed by atoms with E-state index in [4.69, 9.17) is 15.1 Å². The van der Waals surface area contributed by atoms with E-state index in [9.17, 15) is 14.7 Å². The summed E-state index contributed by atoms with van der Waals surface area (Å²) in [5.41, 5.74) is -0.0735.